The molecule has 0 fully saturated rings. The Labute approximate surface area is 160 Å². The zero-order chi connectivity index (χ0) is 18.7. The van der Waals surface area contributed by atoms with Crippen LogP contribution in [0.5, 0.6) is 0 Å². The molecule has 0 spiro atoms. The van der Waals surface area contributed by atoms with Gasteiger partial charge in [0, 0.05) is 40.3 Å². The quantitative estimate of drug-likeness (QED) is 0.475. The minimum atomic E-state index is -0.409. The summed E-state index contributed by atoms with van der Waals surface area (Å²) in [4.78, 5) is 16.5. The van der Waals surface area contributed by atoms with Crippen LogP contribution < -0.4 is 0 Å². The summed E-state index contributed by atoms with van der Waals surface area (Å²) in [7, 11) is 1.87. The SMILES string of the molecule is Cc1nn(C)c(C)c1/C=C/C(=O)OCc1csc(-c2ccc(Cl)cc2)n1. The van der Waals surface area contributed by atoms with Gasteiger partial charge in [-0.1, -0.05) is 23.7 Å². The first-order valence-electron chi connectivity index (χ1n) is 7.99. The number of thiazole rings is 1. The highest BCUT2D eigenvalue weighted by Gasteiger charge is 2.09. The fourth-order valence-corrected chi connectivity index (χ4v) is 3.41. The van der Waals surface area contributed by atoms with Crippen LogP contribution in [0.25, 0.3) is 16.6 Å². The number of carbonyl (C=O) groups is 1. The Morgan fingerprint density at radius 1 is 1.31 bits per heavy atom. The highest BCUT2D eigenvalue weighted by atomic mass is 35.5. The van der Waals surface area contributed by atoms with Gasteiger partial charge in [-0.2, -0.15) is 5.10 Å². The first kappa shape index (κ1) is 18.4. The number of benzene rings is 1. The number of aryl methyl sites for hydroxylation is 2. The third kappa shape index (κ3) is 4.20. The Bertz CT molecular complexity index is 958. The maximum absolute atomic E-state index is 12.0. The molecule has 0 amide bonds. The van der Waals surface area contributed by atoms with E-state index in [1.807, 2.05) is 50.5 Å². The molecule has 0 aliphatic heterocycles. The highest BCUT2D eigenvalue weighted by Crippen LogP contribution is 2.25. The molecule has 134 valence electrons. The summed E-state index contributed by atoms with van der Waals surface area (Å²) < 4.78 is 7.06. The third-order valence-corrected chi connectivity index (χ3v) is 5.15. The molecule has 0 unspecified atom stereocenters. The van der Waals surface area contributed by atoms with Crippen molar-refractivity contribution in [1.82, 2.24) is 14.8 Å². The Hall–Kier alpha value is -2.44. The van der Waals surface area contributed by atoms with Crippen molar-refractivity contribution >= 4 is 35.0 Å². The average molecular weight is 388 g/mol. The van der Waals surface area contributed by atoms with E-state index in [0.717, 1.165) is 33.2 Å². The number of aromatic nitrogens is 3. The fourth-order valence-electron chi connectivity index (χ4n) is 2.47. The van der Waals surface area contributed by atoms with Crippen LogP contribution in [-0.4, -0.2) is 20.7 Å². The Morgan fingerprint density at radius 3 is 2.69 bits per heavy atom. The normalized spacial score (nSPS) is 11.2. The number of rotatable bonds is 5. The zero-order valence-electron chi connectivity index (χ0n) is 14.7. The summed E-state index contributed by atoms with van der Waals surface area (Å²) in [5.74, 6) is -0.409. The van der Waals surface area contributed by atoms with Gasteiger partial charge in [-0.15, -0.1) is 11.3 Å². The highest BCUT2D eigenvalue weighted by molar-refractivity contribution is 7.13. The number of halogens is 1. The first-order valence-corrected chi connectivity index (χ1v) is 9.25. The zero-order valence-corrected chi connectivity index (χ0v) is 16.3. The molecule has 7 heteroatoms. The number of hydrogen-bond donors (Lipinski definition) is 0. The Kier molecular flexibility index (Phi) is 5.54. The number of ether oxygens (including phenoxy) is 1. The molecule has 3 rings (SSSR count). The molecule has 0 atom stereocenters. The molecule has 0 radical (unpaired) electrons. The van der Waals surface area contributed by atoms with Gasteiger partial charge in [0.25, 0.3) is 0 Å². The monoisotopic (exact) mass is 387 g/mol. The summed E-state index contributed by atoms with van der Waals surface area (Å²) in [5.41, 5.74) is 4.51. The van der Waals surface area contributed by atoms with Crippen molar-refractivity contribution < 1.29 is 9.53 Å². The van der Waals surface area contributed by atoms with Gasteiger partial charge in [-0.3, -0.25) is 4.68 Å². The molecule has 5 nitrogen and oxygen atoms in total. The molecule has 26 heavy (non-hydrogen) atoms. The number of carbonyl (C=O) groups excluding carboxylic acids is 1. The van der Waals surface area contributed by atoms with E-state index in [2.05, 4.69) is 10.1 Å². The van der Waals surface area contributed by atoms with Crippen molar-refractivity contribution in [3.05, 3.63) is 63.4 Å². The van der Waals surface area contributed by atoms with Gasteiger partial charge in [0.1, 0.15) is 11.6 Å². The predicted molar refractivity (Wildman–Crippen MR) is 104 cm³/mol. The number of esters is 1. The molecular weight excluding hydrogens is 370 g/mol. The van der Waals surface area contributed by atoms with Crippen LogP contribution in [0.2, 0.25) is 5.02 Å². The lowest BCUT2D eigenvalue weighted by Gasteiger charge is -1.99. The minimum Gasteiger partial charge on any atom is -0.456 e. The van der Waals surface area contributed by atoms with Crippen molar-refractivity contribution in [3.8, 4) is 10.6 Å². The summed E-state index contributed by atoms with van der Waals surface area (Å²) >= 11 is 7.40. The maximum atomic E-state index is 12.0. The molecule has 0 N–H and O–H groups in total. The minimum absolute atomic E-state index is 0.137. The van der Waals surface area contributed by atoms with Crippen molar-refractivity contribution in [2.75, 3.05) is 0 Å². The van der Waals surface area contributed by atoms with Crippen molar-refractivity contribution in [2.45, 2.75) is 20.5 Å². The molecule has 2 aromatic heterocycles. The molecule has 0 saturated heterocycles. The van der Waals surface area contributed by atoms with Gasteiger partial charge in [0.2, 0.25) is 0 Å². The van der Waals surface area contributed by atoms with Crippen LogP contribution in [0.15, 0.2) is 35.7 Å². The van der Waals surface area contributed by atoms with Crippen LogP contribution in [0, 0.1) is 13.8 Å². The van der Waals surface area contributed by atoms with Gasteiger partial charge in [0.15, 0.2) is 0 Å². The second kappa shape index (κ2) is 7.85. The Balaban J connectivity index is 1.60. The molecule has 1 aromatic carbocycles. The van der Waals surface area contributed by atoms with E-state index in [9.17, 15) is 4.79 Å². The average Bonchev–Trinajstić information content (AvgIpc) is 3.18. The third-order valence-electron chi connectivity index (χ3n) is 3.96. The van der Waals surface area contributed by atoms with Crippen LogP contribution >= 0.6 is 22.9 Å². The summed E-state index contributed by atoms with van der Waals surface area (Å²) in [5, 5.41) is 7.75. The van der Waals surface area contributed by atoms with E-state index in [4.69, 9.17) is 16.3 Å². The number of nitrogens with zero attached hydrogens (tertiary/aromatic N) is 3. The predicted octanol–water partition coefficient (Wildman–Crippen LogP) is 4.57. The van der Waals surface area contributed by atoms with Gasteiger partial charge in [-0.25, -0.2) is 9.78 Å². The van der Waals surface area contributed by atoms with E-state index in [1.54, 1.807) is 10.8 Å². The van der Waals surface area contributed by atoms with E-state index in [-0.39, 0.29) is 6.61 Å². The summed E-state index contributed by atoms with van der Waals surface area (Å²) in [6.07, 6.45) is 3.16. The second-order valence-electron chi connectivity index (χ2n) is 5.80. The van der Waals surface area contributed by atoms with Gasteiger partial charge in [-0.05, 0) is 32.1 Å². The van der Waals surface area contributed by atoms with Crippen molar-refractivity contribution in [2.24, 2.45) is 7.05 Å². The lowest BCUT2D eigenvalue weighted by molar-refractivity contribution is -0.139. The van der Waals surface area contributed by atoms with Crippen LogP contribution in [0.4, 0.5) is 0 Å². The molecule has 0 aliphatic rings. The van der Waals surface area contributed by atoms with E-state index in [0.29, 0.717) is 5.02 Å². The van der Waals surface area contributed by atoms with E-state index in [1.165, 1.54) is 17.4 Å². The number of hydrogen-bond acceptors (Lipinski definition) is 5. The molecule has 2 heterocycles. The lowest BCUT2D eigenvalue weighted by Crippen LogP contribution is -2.01. The van der Waals surface area contributed by atoms with Crippen molar-refractivity contribution in [1.29, 1.82) is 0 Å². The van der Waals surface area contributed by atoms with Crippen LogP contribution in [-0.2, 0) is 23.2 Å². The standard InChI is InChI=1S/C19H18ClN3O2S/c1-12-17(13(2)23(3)22-12)8-9-18(24)25-10-16-11-26-19(21-16)14-4-6-15(20)7-5-14/h4-9,11H,10H2,1-3H3/b9-8+. The second-order valence-corrected chi connectivity index (χ2v) is 7.09. The Morgan fingerprint density at radius 2 is 2.04 bits per heavy atom. The maximum Gasteiger partial charge on any atom is 0.331 e. The van der Waals surface area contributed by atoms with E-state index >= 15 is 0 Å². The van der Waals surface area contributed by atoms with E-state index < -0.39 is 5.97 Å². The molecular formula is C19H18ClN3O2S. The summed E-state index contributed by atoms with van der Waals surface area (Å²) in [6.45, 7) is 4.00. The lowest BCUT2D eigenvalue weighted by atomic mass is 10.2. The van der Waals surface area contributed by atoms with Gasteiger partial charge in [0.05, 0.1) is 11.4 Å². The smallest absolute Gasteiger partial charge is 0.331 e. The summed E-state index contributed by atoms with van der Waals surface area (Å²) in [6, 6.07) is 7.48. The van der Waals surface area contributed by atoms with Crippen LogP contribution in [0.3, 0.4) is 0 Å². The molecule has 0 saturated carbocycles. The van der Waals surface area contributed by atoms with Gasteiger partial charge < -0.3 is 4.74 Å². The van der Waals surface area contributed by atoms with Crippen molar-refractivity contribution in [3.63, 3.8) is 0 Å². The first-order chi connectivity index (χ1) is 12.4. The van der Waals surface area contributed by atoms with Crippen LogP contribution in [0.1, 0.15) is 22.6 Å². The topological polar surface area (TPSA) is 57.0 Å². The molecule has 3 aromatic rings. The molecule has 0 bridgehead atoms. The van der Waals surface area contributed by atoms with Gasteiger partial charge >= 0.3 is 5.97 Å². The molecule has 0 aliphatic carbocycles. The largest absolute Gasteiger partial charge is 0.456 e. The fraction of sp³-hybridized carbons (Fsp3) is 0.211.